The summed E-state index contributed by atoms with van der Waals surface area (Å²) in [7, 11) is 0. The van der Waals surface area contributed by atoms with E-state index in [2.05, 4.69) is 66.7 Å². The van der Waals surface area contributed by atoms with Gasteiger partial charge in [0.15, 0.2) is 0 Å². The van der Waals surface area contributed by atoms with Crippen LogP contribution in [0, 0.1) is 52.3 Å². The lowest BCUT2D eigenvalue weighted by atomic mass is 9.47. The summed E-state index contributed by atoms with van der Waals surface area (Å²) in [5.74, 6) is 6.09. The van der Waals surface area contributed by atoms with Gasteiger partial charge in [-0.3, -0.25) is 4.79 Å². The van der Waals surface area contributed by atoms with Crippen LogP contribution in [-0.2, 0) is 9.53 Å². The van der Waals surface area contributed by atoms with Crippen molar-refractivity contribution in [2.45, 2.75) is 260 Å². The lowest BCUT2D eigenvalue weighted by Crippen LogP contribution is -2.51. The number of rotatable bonds is 29. The van der Waals surface area contributed by atoms with Gasteiger partial charge in [0.1, 0.15) is 6.10 Å². The summed E-state index contributed by atoms with van der Waals surface area (Å²) < 4.78 is 6.17. The highest BCUT2D eigenvalue weighted by Gasteiger charge is 2.59. The first-order chi connectivity index (χ1) is 27.1. The van der Waals surface area contributed by atoms with Gasteiger partial charge in [0.2, 0.25) is 0 Å². The van der Waals surface area contributed by atoms with E-state index in [4.69, 9.17) is 4.74 Å². The Balaban J connectivity index is 0.995. The van der Waals surface area contributed by atoms with Crippen LogP contribution in [0.3, 0.4) is 0 Å². The second-order valence-electron chi connectivity index (χ2n) is 21.3. The molecule has 0 aliphatic heterocycles. The maximum Gasteiger partial charge on any atom is 0.306 e. The SMILES string of the molecule is CCCCCCCC/C=C/CCCCCCCCCCCCCCCC(=O)OC1CCC2(C)C(=CCC3C2CCC2(C)C(C(C)CCC(C)C(C)C)CCC32)C1. The molecule has 2 nitrogen and oxygen atoms in total. The molecule has 0 aromatic heterocycles. The van der Waals surface area contributed by atoms with E-state index >= 15 is 0 Å². The molecule has 0 spiro atoms. The maximum absolute atomic E-state index is 12.9. The van der Waals surface area contributed by atoms with Crippen LogP contribution in [0.15, 0.2) is 23.8 Å². The molecule has 0 amide bonds. The fourth-order valence-corrected chi connectivity index (χ4v) is 12.8. The zero-order valence-corrected chi connectivity index (χ0v) is 38.8. The number of hydrogen-bond acceptors (Lipinski definition) is 2. The van der Waals surface area contributed by atoms with E-state index in [0.717, 1.165) is 60.7 Å². The number of fused-ring (bicyclic) bond motifs is 5. The Bertz CT molecular complexity index is 1130. The van der Waals surface area contributed by atoms with E-state index in [1.165, 1.54) is 180 Å². The molecule has 0 radical (unpaired) electrons. The summed E-state index contributed by atoms with van der Waals surface area (Å²) in [5.41, 5.74) is 2.52. The van der Waals surface area contributed by atoms with Crippen molar-refractivity contribution in [1.82, 2.24) is 0 Å². The predicted molar refractivity (Wildman–Crippen MR) is 244 cm³/mol. The molecule has 0 N–H and O–H groups in total. The van der Waals surface area contributed by atoms with Crippen LogP contribution in [0.1, 0.15) is 254 Å². The Morgan fingerprint density at radius 3 is 1.86 bits per heavy atom. The van der Waals surface area contributed by atoms with Gasteiger partial charge in [-0.2, -0.15) is 0 Å². The van der Waals surface area contributed by atoms with Gasteiger partial charge in [-0.15, -0.1) is 0 Å². The van der Waals surface area contributed by atoms with E-state index < -0.39 is 0 Å². The minimum atomic E-state index is 0.0650. The zero-order valence-electron chi connectivity index (χ0n) is 38.8. The monoisotopic (exact) mass is 777 g/mol. The number of carbonyl (C=O) groups excluding carboxylic acids is 1. The summed E-state index contributed by atoms with van der Waals surface area (Å²) in [4.78, 5) is 12.9. The average Bonchev–Trinajstić information content (AvgIpc) is 3.54. The molecular weight excluding hydrogens is 681 g/mol. The summed E-state index contributed by atoms with van der Waals surface area (Å²) in [6, 6.07) is 0. The van der Waals surface area contributed by atoms with Gasteiger partial charge in [-0.1, -0.05) is 188 Å². The number of hydrogen-bond donors (Lipinski definition) is 0. The van der Waals surface area contributed by atoms with Crippen LogP contribution < -0.4 is 0 Å². The van der Waals surface area contributed by atoms with Crippen LogP contribution in [-0.4, -0.2) is 12.1 Å². The molecule has 324 valence electrons. The van der Waals surface area contributed by atoms with E-state index in [-0.39, 0.29) is 12.1 Å². The topological polar surface area (TPSA) is 26.3 Å². The molecule has 3 saturated carbocycles. The Morgan fingerprint density at radius 2 is 1.27 bits per heavy atom. The van der Waals surface area contributed by atoms with E-state index in [1.54, 1.807) is 5.57 Å². The zero-order chi connectivity index (χ0) is 40.2. The first-order valence-electron chi connectivity index (χ1n) is 25.6. The molecule has 9 atom stereocenters. The molecule has 0 bridgehead atoms. The summed E-state index contributed by atoms with van der Waals surface area (Å²) in [5, 5.41) is 0. The first-order valence-corrected chi connectivity index (χ1v) is 25.6. The van der Waals surface area contributed by atoms with Gasteiger partial charge in [-0.05, 0) is 129 Å². The molecule has 0 heterocycles. The second kappa shape index (κ2) is 25.5. The van der Waals surface area contributed by atoms with Crippen LogP contribution in [0.4, 0.5) is 0 Å². The van der Waals surface area contributed by atoms with E-state index in [9.17, 15) is 4.79 Å². The molecule has 0 aromatic rings. The van der Waals surface area contributed by atoms with Crippen molar-refractivity contribution >= 4 is 5.97 Å². The van der Waals surface area contributed by atoms with E-state index in [1.807, 2.05) is 0 Å². The van der Waals surface area contributed by atoms with Crippen LogP contribution in [0.5, 0.6) is 0 Å². The van der Waals surface area contributed by atoms with Crippen molar-refractivity contribution in [3.05, 3.63) is 23.8 Å². The molecular formula is C54H96O2. The third kappa shape index (κ3) is 14.6. The van der Waals surface area contributed by atoms with Crippen molar-refractivity contribution in [3.63, 3.8) is 0 Å². The molecule has 2 heteroatoms. The van der Waals surface area contributed by atoms with Gasteiger partial charge in [0, 0.05) is 12.8 Å². The quantitative estimate of drug-likeness (QED) is 0.0430. The normalized spacial score (nSPS) is 29.9. The number of carbonyl (C=O) groups is 1. The molecule has 4 aliphatic carbocycles. The molecule has 9 unspecified atom stereocenters. The second-order valence-corrected chi connectivity index (χ2v) is 21.3. The molecule has 4 aliphatic rings. The standard InChI is InChI=1S/C54H96O2/c1-8-9-10-11-12-13-14-15-16-17-18-19-20-21-22-23-24-25-26-27-28-29-30-31-52(55)56-47-38-40-53(6)46(42-47)34-35-48-50-37-36-49(54(50,7)41-39-51(48)53)45(5)33-32-44(4)43(2)3/h15-16,34,43-45,47-51H,8-14,17-33,35-42H2,1-7H3/b16-15+. The smallest absolute Gasteiger partial charge is 0.306 e. The van der Waals surface area contributed by atoms with Crippen LogP contribution in [0.25, 0.3) is 0 Å². The number of allylic oxidation sites excluding steroid dienone is 3. The molecule has 0 saturated heterocycles. The Kier molecular flexibility index (Phi) is 21.7. The Labute approximate surface area is 350 Å². The highest BCUT2D eigenvalue weighted by molar-refractivity contribution is 5.69. The van der Waals surface area contributed by atoms with Crippen molar-refractivity contribution < 1.29 is 9.53 Å². The highest BCUT2D eigenvalue weighted by atomic mass is 16.5. The Morgan fingerprint density at radius 1 is 0.696 bits per heavy atom. The maximum atomic E-state index is 12.9. The first kappa shape index (κ1) is 47.6. The van der Waals surface area contributed by atoms with Gasteiger partial charge in [-0.25, -0.2) is 0 Å². The summed E-state index contributed by atoms with van der Waals surface area (Å²) in [6.45, 7) is 17.5. The lowest BCUT2D eigenvalue weighted by Gasteiger charge is -2.58. The largest absolute Gasteiger partial charge is 0.462 e. The molecule has 4 rings (SSSR count). The number of ether oxygens (including phenoxy) is 1. The van der Waals surface area contributed by atoms with E-state index in [0.29, 0.717) is 17.3 Å². The summed E-state index contributed by atoms with van der Waals surface area (Å²) in [6.07, 6.45) is 49.8. The predicted octanol–water partition coefficient (Wildman–Crippen LogP) is 17.3. The molecule has 3 fully saturated rings. The number of unbranched alkanes of at least 4 members (excludes halogenated alkanes) is 19. The average molecular weight is 777 g/mol. The lowest BCUT2D eigenvalue weighted by molar-refractivity contribution is -0.151. The van der Waals surface area contributed by atoms with Gasteiger partial charge in [0.05, 0.1) is 0 Å². The van der Waals surface area contributed by atoms with Gasteiger partial charge < -0.3 is 4.74 Å². The molecule has 56 heavy (non-hydrogen) atoms. The fourth-order valence-electron chi connectivity index (χ4n) is 12.8. The fraction of sp³-hybridized carbons (Fsp3) is 0.907. The molecule has 0 aromatic carbocycles. The minimum Gasteiger partial charge on any atom is -0.462 e. The van der Waals surface area contributed by atoms with Crippen molar-refractivity contribution in [3.8, 4) is 0 Å². The van der Waals surface area contributed by atoms with Crippen molar-refractivity contribution in [1.29, 1.82) is 0 Å². The number of esters is 1. The Hall–Kier alpha value is -1.05. The highest BCUT2D eigenvalue weighted by Crippen LogP contribution is 2.67. The summed E-state index contributed by atoms with van der Waals surface area (Å²) >= 11 is 0. The van der Waals surface area contributed by atoms with Crippen molar-refractivity contribution in [2.75, 3.05) is 0 Å². The van der Waals surface area contributed by atoms with Gasteiger partial charge in [0.25, 0.3) is 0 Å². The van der Waals surface area contributed by atoms with Crippen LogP contribution >= 0.6 is 0 Å². The van der Waals surface area contributed by atoms with Gasteiger partial charge >= 0.3 is 5.97 Å². The van der Waals surface area contributed by atoms with Crippen molar-refractivity contribution in [2.24, 2.45) is 52.3 Å². The third-order valence-corrected chi connectivity index (χ3v) is 17.0. The minimum absolute atomic E-state index is 0.0650. The van der Waals surface area contributed by atoms with Crippen LogP contribution in [0.2, 0.25) is 0 Å². The third-order valence-electron chi connectivity index (χ3n) is 17.0.